The summed E-state index contributed by atoms with van der Waals surface area (Å²) < 4.78 is 0. The van der Waals surface area contributed by atoms with E-state index in [9.17, 15) is 9.59 Å². The highest BCUT2D eigenvalue weighted by Gasteiger charge is 2.70. The summed E-state index contributed by atoms with van der Waals surface area (Å²) in [5, 5.41) is 9.18. The largest absolute Gasteiger partial charge is 0.274 e. The van der Waals surface area contributed by atoms with E-state index in [0.717, 1.165) is 37.1 Å². The molecule has 0 unspecified atom stereocenters. The number of hydrogen-bond acceptors (Lipinski definition) is 5. The van der Waals surface area contributed by atoms with E-state index < -0.39 is 5.54 Å². The molecule has 1 saturated carbocycles. The van der Waals surface area contributed by atoms with Crippen molar-refractivity contribution in [2.45, 2.75) is 38.1 Å². The monoisotopic (exact) mass is 400 g/mol. The summed E-state index contributed by atoms with van der Waals surface area (Å²) in [6, 6.07) is 17.6. The van der Waals surface area contributed by atoms with Gasteiger partial charge in [0, 0.05) is 6.54 Å². The van der Waals surface area contributed by atoms with Crippen LogP contribution in [-0.4, -0.2) is 34.6 Å². The van der Waals surface area contributed by atoms with Crippen LogP contribution in [0.5, 0.6) is 0 Å². The van der Waals surface area contributed by atoms with Gasteiger partial charge in [-0.25, -0.2) is 4.90 Å². The molecule has 2 amide bonds. The van der Waals surface area contributed by atoms with Gasteiger partial charge in [-0.2, -0.15) is 15.2 Å². The zero-order chi connectivity index (χ0) is 20.5. The molecule has 3 aliphatic heterocycles. The molecular formula is C24H24N4O2. The van der Waals surface area contributed by atoms with E-state index in [4.69, 9.17) is 5.10 Å². The fourth-order valence-electron chi connectivity index (χ4n) is 5.88. The van der Waals surface area contributed by atoms with Crippen LogP contribution < -0.4 is 10.0 Å². The third-order valence-corrected chi connectivity index (χ3v) is 7.22. The Morgan fingerprint density at radius 3 is 2.47 bits per heavy atom. The Labute approximate surface area is 175 Å². The number of aryl methyl sites for hydroxylation is 1. The molecule has 152 valence electrons. The lowest BCUT2D eigenvalue weighted by Crippen LogP contribution is -2.57. The van der Waals surface area contributed by atoms with Crippen LogP contribution in [0.2, 0.25) is 0 Å². The number of carbonyl (C=O) groups excluding carboxylic acids is 2. The van der Waals surface area contributed by atoms with Gasteiger partial charge in [0.25, 0.3) is 0 Å². The molecule has 2 aromatic carbocycles. The Balaban J connectivity index is 1.44. The number of rotatable bonds is 2. The molecule has 3 heterocycles. The Bertz CT molecular complexity index is 1060. The van der Waals surface area contributed by atoms with Crippen LogP contribution in [-0.2, 0) is 9.59 Å². The maximum Gasteiger partial charge on any atom is 0.240 e. The van der Waals surface area contributed by atoms with Crippen molar-refractivity contribution in [3.8, 4) is 0 Å². The molecule has 0 bridgehead atoms. The van der Waals surface area contributed by atoms with Gasteiger partial charge < -0.3 is 0 Å². The number of imide groups is 1. The van der Waals surface area contributed by atoms with E-state index in [-0.39, 0.29) is 23.7 Å². The van der Waals surface area contributed by atoms with E-state index >= 15 is 0 Å². The molecule has 6 rings (SSSR count). The van der Waals surface area contributed by atoms with Gasteiger partial charge in [-0.15, -0.1) is 0 Å². The van der Waals surface area contributed by atoms with Crippen molar-refractivity contribution >= 4 is 28.9 Å². The van der Waals surface area contributed by atoms with E-state index in [1.807, 2.05) is 35.4 Å². The molecule has 3 fully saturated rings. The fourth-order valence-corrected chi connectivity index (χ4v) is 5.88. The standard InChI is InChI=1S/C24H24N4O2/c1-16-10-12-18(13-11-16)28-25-20-9-5-6-14-24(20)21-19(15-26(24)28)22(29)27(23(21)30)17-7-3-2-4-8-17/h2-4,7-8,10-13,19,21H,5-6,9,14-15H2,1H3/t19-,21+,24+/m1/s1. The average molecular weight is 400 g/mol. The Hall–Kier alpha value is -2.99. The molecule has 6 nitrogen and oxygen atoms in total. The quantitative estimate of drug-likeness (QED) is 0.724. The number of amides is 2. The topological polar surface area (TPSA) is 56.2 Å². The predicted octanol–water partition coefficient (Wildman–Crippen LogP) is 3.52. The second-order valence-electron chi connectivity index (χ2n) is 8.82. The molecule has 2 aromatic rings. The van der Waals surface area contributed by atoms with E-state index in [1.165, 1.54) is 10.5 Å². The number of para-hydroxylation sites is 1. The lowest BCUT2D eigenvalue weighted by Gasteiger charge is -2.41. The molecular weight excluding hydrogens is 376 g/mol. The maximum absolute atomic E-state index is 13.7. The highest BCUT2D eigenvalue weighted by molar-refractivity contribution is 6.24. The van der Waals surface area contributed by atoms with Crippen molar-refractivity contribution in [2.75, 3.05) is 16.6 Å². The molecule has 0 aromatic heterocycles. The third-order valence-electron chi connectivity index (χ3n) is 7.22. The fraction of sp³-hybridized carbons (Fsp3) is 0.375. The van der Waals surface area contributed by atoms with Gasteiger partial charge in [-0.05, 0) is 50.5 Å². The minimum absolute atomic E-state index is 0.0703. The Morgan fingerprint density at radius 2 is 1.70 bits per heavy atom. The first-order chi connectivity index (χ1) is 14.6. The molecule has 30 heavy (non-hydrogen) atoms. The number of nitrogens with zero attached hydrogens (tertiary/aromatic N) is 4. The molecule has 6 heteroatoms. The molecule has 3 atom stereocenters. The van der Waals surface area contributed by atoms with Gasteiger partial charge in [0.05, 0.1) is 34.5 Å². The van der Waals surface area contributed by atoms with Gasteiger partial charge >= 0.3 is 0 Å². The van der Waals surface area contributed by atoms with Gasteiger partial charge in [0.15, 0.2) is 0 Å². The number of benzene rings is 2. The first kappa shape index (κ1) is 17.8. The SMILES string of the molecule is Cc1ccc(N2N=C3CCCC[C@@]34[C@@H]3C(=O)N(c5ccccc5)C(=O)[C@@H]3CN24)cc1. The molecule has 1 spiro atoms. The van der Waals surface area contributed by atoms with Crippen molar-refractivity contribution in [3.63, 3.8) is 0 Å². The highest BCUT2D eigenvalue weighted by Crippen LogP contribution is 2.55. The molecule has 4 aliphatic rings. The normalized spacial score (nSPS) is 30.4. The van der Waals surface area contributed by atoms with Crippen LogP contribution in [0.15, 0.2) is 59.7 Å². The first-order valence-electron chi connectivity index (χ1n) is 10.8. The van der Waals surface area contributed by atoms with Crippen molar-refractivity contribution in [2.24, 2.45) is 16.9 Å². The van der Waals surface area contributed by atoms with E-state index in [1.54, 1.807) is 0 Å². The average Bonchev–Trinajstić information content (AvgIpc) is 3.34. The number of hydrogen-bond donors (Lipinski definition) is 0. The number of carbonyl (C=O) groups is 2. The summed E-state index contributed by atoms with van der Waals surface area (Å²) in [5.41, 5.74) is 3.45. The molecule has 1 aliphatic carbocycles. The maximum atomic E-state index is 13.7. The summed E-state index contributed by atoms with van der Waals surface area (Å²) in [6.07, 6.45) is 3.89. The van der Waals surface area contributed by atoms with Crippen LogP contribution in [0.25, 0.3) is 0 Å². The highest BCUT2D eigenvalue weighted by atomic mass is 16.2. The predicted molar refractivity (Wildman–Crippen MR) is 115 cm³/mol. The number of hydrazine groups is 1. The van der Waals surface area contributed by atoms with Crippen LogP contribution in [0.1, 0.15) is 31.2 Å². The Morgan fingerprint density at radius 1 is 0.933 bits per heavy atom. The Kier molecular flexibility index (Phi) is 3.72. The van der Waals surface area contributed by atoms with E-state index in [0.29, 0.717) is 12.2 Å². The van der Waals surface area contributed by atoms with Gasteiger partial charge in [0.2, 0.25) is 11.8 Å². The molecule has 0 radical (unpaired) electrons. The zero-order valence-electron chi connectivity index (χ0n) is 17.0. The first-order valence-corrected chi connectivity index (χ1v) is 10.8. The minimum atomic E-state index is -0.468. The van der Waals surface area contributed by atoms with E-state index in [2.05, 4.69) is 36.2 Å². The van der Waals surface area contributed by atoms with Gasteiger partial charge in [-0.3, -0.25) is 9.59 Å². The van der Waals surface area contributed by atoms with Crippen LogP contribution in [0.3, 0.4) is 0 Å². The van der Waals surface area contributed by atoms with Crippen molar-refractivity contribution < 1.29 is 9.59 Å². The molecule has 2 saturated heterocycles. The second kappa shape index (κ2) is 6.25. The summed E-state index contributed by atoms with van der Waals surface area (Å²) in [7, 11) is 0. The van der Waals surface area contributed by atoms with Crippen LogP contribution in [0.4, 0.5) is 11.4 Å². The third kappa shape index (κ3) is 2.20. The van der Waals surface area contributed by atoms with Crippen molar-refractivity contribution in [1.29, 1.82) is 0 Å². The number of anilines is 2. The minimum Gasteiger partial charge on any atom is -0.274 e. The van der Waals surface area contributed by atoms with Gasteiger partial charge in [-0.1, -0.05) is 42.3 Å². The summed E-state index contributed by atoms with van der Waals surface area (Å²) in [6.45, 7) is 2.59. The van der Waals surface area contributed by atoms with Gasteiger partial charge in [0.1, 0.15) is 0 Å². The van der Waals surface area contributed by atoms with Crippen LogP contribution >= 0.6 is 0 Å². The lowest BCUT2D eigenvalue weighted by atomic mass is 9.70. The number of fused-ring (bicyclic) bond motifs is 1. The number of hydrazone groups is 1. The lowest BCUT2D eigenvalue weighted by molar-refractivity contribution is -0.124. The van der Waals surface area contributed by atoms with Crippen LogP contribution in [0, 0.1) is 18.8 Å². The van der Waals surface area contributed by atoms with Crippen molar-refractivity contribution in [3.05, 3.63) is 60.2 Å². The summed E-state index contributed by atoms with van der Waals surface area (Å²) >= 11 is 0. The molecule has 0 N–H and O–H groups in total. The second-order valence-corrected chi connectivity index (χ2v) is 8.82. The smallest absolute Gasteiger partial charge is 0.240 e. The summed E-state index contributed by atoms with van der Waals surface area (Å²) in [5.74, 6) is -0.832. The zero-order valence-corrected chi connectivity index (χ0v) is 17.0. The van der Waals surface area contributed by atoms with Crippen molar-refractivity contribution in [1.82, 2.24) is 5.01 Å². The summed E-state index contributed by atoms with van der Waals surface area (Å²) in [4.78, 5) is 28.5.